The van der Waals surface area contributed by atoms with Crippen molar-refractivity contribution in [1.82, 2.24) is 4.90 Å². The number of amides is 1. The number of carbonyl (C=O) groups is 2. The molecule has 122 valence electrons. The van der Waals surface area contributed by atoms with Gasteiger partial charge in [0.1, 0.15) is 5.75 Å². The summed E-state index contributed by atoms with van der Waals surface area (Å²) < 4.78 is 42.0. The summed E-state index contributed by atoms with van der Waals surface area (Å²) in [5.41, 5.74) is 0.663. The highest BCUT2D eigenvalue weighted by atomic mass is 19.4. The average Bonchev–Trinajstić information content (AvgIpc) is 2.47. The molecule has 0 atom stereocenters. The van der Waals surface area contributed by atoms with Gasteiger partial charge in [0.15, 0.2) is 0 Å². The van der Waals surface area contributed by atoms with Crippen LogP contribution in [0.5, 0.6) is 5.75 Å². The van der Waals surface area contributed by atoms with Crippen LogP contribution in [-0.2, 0) is 20.7 Å². The molecule has 1 amide bonds. The van der Waals surface area contributed by atoms with E-state index in [1.54, 1.807) is 12.1 Å². The molecule has 0 unspecified atom stereocenters. The zero-order chi connectivity index (χ0) is 16.8. The van der Waals surface area contributed by atoms with Crippen LogP contribution in [0.25, 0.3) is 0 Å². The lowest BCUT2D eigenvalue weighted by atomic mass is 10.1. The van der Waals surface area contributed by atoms with E-state index in [2.05, 4.69) is 4.74 Å². The number of benzene rings is 1. The van der Waals surface area contributed by atoms with Crippen LogP contribution in [-0.4, -0.2) is 48.3 Å². The maximum absolute atomic E-state index is 12.5. The number of methoxy groups -OCH3 is 1. The molecule has 0 aliphatic rings. The third-order valence-electron chi connectivity index (χ3n) is 2.95. The zero-order valence-electron chi connectivity index (χ0n) is 11.9. The molecule has 0 aliphatic heterocycles. The molecule has 1 aromatic carbocycles. The van der Waals surface area contributed by atoms with Crippen molar-refractivity contribution in [1.29, 1.82) is 0 Å². The molecule has 0 saturated carbocycles. The van der Waals surface area contributed by atoms with Crippen LogP contribution < -0.4 is 0 Å². The molecule has 0 spiro atoms. The van der Waals surface area contributed by atoms with Crippen LogP contribution in [0.15, 0.2) is 24.3 Å². The first-order chi connectivity index (χ1) is 10.2. The molecule has 1 N–H and O–H groups in total. The number of phenols is 1. The first kappa shape index (κ1) is 17.8. The van der Waals surface area contributed by atoms with Gasteiger partial charge in [-0.3, -0.25) is 9.59 Å². The maximum Gasteiger partial charge on any atom is 0.471 e. The first-order valence-electron chi connectivity index (χ1n) is 6.45. The zero-order valence-corrected chi connectivity index (χ0v) is 11.9. The van der Waals surface area contributed by atoms with Gasteiger partial charge in [0.25, 0.3) is 0 Å². The Bertz CT molecular complexity index is 514. The molecular weight excluding hydrogens is 303 g/mol. The van der Waals surface area contributed by atoms with Crippen LogP contribution in [0.2, 0.25) is 0 Å². The van der Waals surface area contributed by atoms with E-state index in [9.17, 15) is 22.8 Å². The van der Waals surface area contributed by atoms with Crippen molar-refractivity contribution in [3.63, 3.8) is 0 Å². The van der Waals surface area contributed by atoms with Crippen molar-refractivity contribution in [3.8, 4) is 5.75 Å². The third-order valence-corrected chi connectivity index (χ3v) is 2.95. The molecule has 1 rings (SSSR count). The highest BCUT2D eigenvalue weighted by molar-refractivity contribution is 5.82. The van der Waals surface area contributed by atoms with Crippen molar-refractivity contribution < 1.29 is 32.6 Å². The molecule has 0 saturated heterocycles. The smallest absolute Gasteiger partial charge is 0.471 e. The number of rotatable bonds is 6. The lowest BCUT2D eigenvalue weighted by molar-refractivity contribution is -0.185. The van der Waals surface area contributed by atoms with Gasteiger partial charge in [0.2, 0.25) is 0 Å². The monoisotopic (exact) mass is 319 g/mol. The van der Waals surface area contributed by atoms with Gasteiger partial charge in [0.05, 0.1) is 13.5 Å². The van der Waals surface area contributed by atoms with E-state index >= 15 is 0 Å². The van der Waals surface area contributed by atoms with Crippen molar-refractivity contribution in [2.75, 3.05) is 20.2 Å². The third kappa shape index (κ3) is 5.63. The van der Waals surface area contributed by atoms with Gasteiger partial charge in [-0.25, -0.2) is 0 Å². The Morgan fingerprint density at radius 3 is 2.27 bits per heavy atom. The average molecular weight is 319 g/mol. The number of carbonyl (C=O) groups excluding carboxylic acids is 2. The Morgan fingerprint density at radius 1 is 1.18 bits per heavy atom. The number of aromatic hydroxyl groups is 1. The summed E-state index contributed by atoms with van der Waals surface area (Å²) in [5, 5.41) is 9.14. The second kappa shape index (κ2) is 7.67. The summed E-state index contributed by atoms with van der Waals surface area (Å²) in [6.45, 7) is -0.566. The summed E-state index contributed by atoms with van der Waals surface area (Å²) in [4.78, 5) is 23.0. The van der Waals surface area contributed by atoms with E-state index in [1.165, 1.54) is 12.1 Å². The Kier molecular flexibility index (Phi) is 6.21. The van der Waals surface area contributed by atoms with Gasteiger partial charge in [-0.2, -0.15) is 13.2 Å². The minimum atomic E-state index is -4.99. The summed E-state index contributed by atoms with van der Waals surface area (Å²) in [6, 6.07) is 5.90. The second-order valence-electron chi connectivity index (χ2n) is 4.53. The van der Waals surface area contributed by atoms with Crippen molar-refractivity contribution >= 4 is 11.9 Å². The molecule has 0 aliphatic carbocycles. The van der Waals surface area contributed by atoms with Gasteiger partial charge in [0, 0.05) is 13.1 Å². The molecule has 1 aromatic rings. The molecular formula is C14H16F3NO4. The Labute approximate surface area is 125 Å². The number of phenolic OH excluding ortho intramolecular Hbond substituents is 1. The van der Waals surface area contributed by atoms with E-state index in [1.807, 2.05) is 0 Å². The molecule has 22 heavy (non-hydrogen) atoms. The summed E-state index contributed by atoms with van der Waals surface area (Å²) in [5.74, 6) is -2.64. The maximum atomic E-state index is 12.5. The van der Waals surface area contributed by atoms with E-state index in [-0.39, 0.29) is 31.7 Å². The predicted octanol–water partition coefficient (Wildman–Crippen LogP) is 1.89. The number of nitrogens with zero attached hydrogens (tertiary/aromatic N) is 1. The molecule has 0 heterocycles. The lowest BCUT2D eigenvalue weighted by Gasteiger charge is -2.23. The number of halogens is 3. The van der Waals surface area contributed by atoms with E-state index in [0.29, 0.717) is 10.5 Å². The number of hydrogen-bond acceptors (Lipinski definition) is 4. The fourth-order valence-corrected chi connectivity index (χ4v) is 1.75. The van der Waals surface area contributed by atoms with Gasteiger partial charge >= 0.3 is 18.1 Å². The number of ether oxygens (including phenoxy) is 1. The fraction of sp³-hybridized carbons (Fsp3) is 0.429. The first-order valence-corrected chi connectivity index (χ1v) is 6.45. The largest absolute Gasteiger partial charge is 0.508 e. The van der Waals surface area contributed by atoms with Crippen LogP contribution in [0, 0.1) is 0 Å². The Balaban J connectivity index is 2.70. The quantitative estimate of drug-likeness (QED) is 0.813. The van der Waals surface area contributed by atoms with E-state index in [4.69, 9.17) is 5.11 Å². The van der Waals surface area contributed by atoms with Crippen molar-refractivity contribution in [2.24, 2.45) is 0 Å². The normalized spacial score (nSPS) is 11.1. The standard InChI is InChI=1S/C14H16F3NO4/c1-22-12(20)7-9-18(13(21)14(15,16)17)8-6-10-2-4-11(19)5-3-10/h2-5,19H,6-9H2,1H3. The van der Waals surface area contributed by atoms with Gasteiger partial charge in [-0.1, -0.05) is 12.1 Å². The van der Waals surface area contributed by atoms with E-state index < -0.39 is 18.1 Å². The van der Waals surface area contributed by atoms with Crippen LogP contribution >= 0.6 is 0 Å². The van der Waals surface area contributed by atoms with Crippen LogP contribution in [0.3, 0.4) is 0 Å². The Morgan fingerprint density at radius 2 is 1.77 bits per heavy atom. The highest BCUT2D eigenvalue weighted by Crippen LogP contribution is 2.19. The second-order valence-corrected chi connectivity index (χ2v) is 4.53. The summed E-state index contributed by atoms with van der Waals surface area (Å²) >= 11 is 0. The minimum absolute atomic E-state index is 0.0395. The summed E-state index contributed by atoms with van der Waals surface area (Å²) in [6.07, 6.45) is -5.14. The predicted molar refractivity (Wildman–Crippen MR) is 71.1 cm³/mol. The summed E-state index contributed by atoms with van der Waals surface area (Å²) in [7, 11) is 1.12. The SMILES string of the molecule is COC(=O)CCN(CCc1ccc(O)cc1)C(=O)C(F)(F)F. The lowest BCUT2D eigenvalue weighted by Crippen LogP contribution is -2.43. The van der Waals surface area contributed by atoms with Gasteiger partial charge in [-0.05, 0) is 24.1 Å². The van der Waals surface area contributed by atoms with Crippen molar-refractivity contribution in [3.05, 3.63) is 29.8 Å². The fourth-order valence-electron chi connectivity index (χ4n) is 1.75. The minimum Gasteiger partial charge on any atom is -0.508 e. The molecule has 8 heteroatoms. The topological polar surface area (TPSA) is 66.8 Å². The molecule has 0 radical (unpaired) electrons. The number of esters is 1. The molecule has 0 bridgehead atoms. The van der Waals surface area contributed by atoms with Crippen molar-refractivity contribution in [2.45, 2.75) is 19.0 Å². The van der Waals surface area contributed by atoms with Gasteiger partial charge < -0.3 is 14.7 Å². The molecule has 0 aromatic heterocycles. The van der Waals surface area contributed by atoms with E-state index in [0.717, 1.165) is 7.11 Å². The number of alkyl halides is 3. The van der Waals surface area contributed by atoms with Crippen LogP contribution in [0.4, 0.5) is 13.2 Å². The number of hydrogen-bond donors (Lipinski definition) is 1. The highest BCUT2D eigenvalue weighted by Gasteiger charge is 2.42. The molecule has 5 nitrogen and oxygen atoms in total. The Hall–Kier alpha value is -2.25. The van der Waals surface area contributed by atoms with Gasteiger partial charge in [-0.15, -0.1) is 0 Å². The van der Waals surface area contributed by atoms with Crippen LogP contribution in [0.1, 0.15) is 12.0 Å². The molecule has 0 fully saturated rings.